The molecule has 7 heteroatoms. The second-order valence-corrected chi connectivity index (χ2v) is 6.07. The minimum atomic E-state index is 0.714. The van der Waals surface area contributed by atoms with Crippen LogP contribution in [0.1, 0.15) is 0 Å². The summed E-state index contributed by atoms with van der Waals surface area (Å²) in [7, 11) is 3.74. The molecule has 0 bridgehead atoms. The van der Waals surface area contributed by atoms with Gasteiger partial charge in [0, 0.05) is 41.8 Å². The van der Waals surface area contributed by atoms with E-state index in [4.69, 9.17) is 0 Å². The molecular formula is C13H12BrN5S. The van der Waals surface area contributed by atoms with E-state index < -0.39 is 0 Å². The standard InChI is InChI=1S/C13H12BrN5S/c1-15-12-4-10(8-5-16-19(2)6-8)17-13(18-12)11-3-9(14)7-20-11/h3-7H,1-2H3,(H,15,17,18). The molecule has 0 atom stereocenters. The fourth-order valence-corrected chi connectivity index (χ4v) is 3.18. The third kappa shape index (κ3) is 2.59. The summed E-state index contributed by atoms with van der Waals surface area (Å²) in [4.78, 5) is 10.2. The van der Waals surface area contributed by atoms with E-state index in [-0.39, 0.29) is 0 Å². The number of aromatic nitrogens is 4. The molecular weight excluding hydrogens is 338 g/mol. The Bertz CT molecular complexity index is 690. The molecule has 20 heavy (non-hydrogen) atoms. The number of rotatable bonds is 3. The van der Waals surface area contributed by atoms with Crippen molar-refractivity contribution >= 4 is 33.1 Å². The van der Waals surface area contributed by atoms with Crippen LogP contribution in [0.4, 0.5) is 5.82 Å². The number of hydrogen-bond donors (Lipinski definition) is 1. The average Bonchev–Trinajstić information content (AvgIpc) is 3.07. The minimum absolute atomic E-state index is 0.714. The summed E-state index contributed by atoms with van der Waals surface area (Å²) in [6.45, 7) is 0. The van der Waals surface area contributed by atoms with Crippen LogP contribution in [0.5, 0.6) is 0 Å². The van der Waals surface area contributed by atoms with Crippen molar-refractivity contribution < 1.29 is 0 Å². The Morgan fingerprint density at radius 3 is 2.75 bits per heavy atom. The molecule has 3 aromatic heterocycles. The number of aryl methyl sites for hydroxylation is 1. The van der Waals surface area contributed by atoms with Gasteiger partial charge in [0.1, 0.15) is 5.82 Å². The molecule has 1 N–H and O–H groups in total. The van der Waals surface area contributed by atoms with Gasteiger partial charge in [-0.1, -0.05) is 0 Å². The number of hydrogen-bond acceptors (Lipinski definition) is 5. The van der Waals surface area contributed by atoms with E-state index >= 15 is 0 Å². The molecule has 0 aliphatic rings. The van der Waals surface area contributed by atoms with Crippen LogP contribution in [0.25, 0.3) is 22.0 Å². The summed E-state index contributed by atoms with van der Waals surface area (Å²) >= 11 is 5.07. The molecule has 0 aliphatic heterocycles. The Labute approximate surface area is 128 Å². The first-order valence-electron chi connectivity index (χ1n) is 5.96. The lowest BCUT2D eigenvalue weighted by Crippen LogP contribution is -1.97. The highest BCUT2D eigenvalue weighted by atomic mass is 79.9. The van der Waals surface area contributed by atoms with Crippen molar-refractivity contribution in [2.75, 3.05) is 12.4 Å². The van der Waals surface area contributed by atoms with E-state index in [1.54, 1.807) is 22.2 Å². The molecule has 5 nitrogen and oxygen atoms in total. The van der Waals surface area contributed by atoms with Crippen LogP contribution < -0.4 is 5.32 Å². The molecule has 0 saturated heterocycles. The Hall–Kier alpha value is -1.73. The van der Waals surface area contributed by atoms with Gasteiger partial charge in [0.25, 0.3) is 0 Å². The molecule has 0 aromatic carbocycles. The van der Waals surface area contributed by atoms with Crippen molar-refractivity contribution in [2.24, 2.45) is 7.05 Å². The minimum Gasteiger partial charge on any atom is -0.373 e. The first-order valence-corrected chi connectivity index (χ1v) is 7.63. The van der Waals surface area contributed by atoms with E-state index in [2.05, 4.69) is 36.3 Å². The van der Waals surface area contributed by atoms with E-state index in [0.717, 1.165) is 26.4 Å². The molecule has 0 saturated carbocycles. The molecule has 0 radical (unpaired) electrons. The predicted molar refractivity (Wildman–Crippen MR) is 84.8 cm³/mol. The molecule has 0 unspecified atom stereocenters. The zero-order valence-electron chi connectivity index (χ0n) is 11.0. The van der Waals surface area contributed by atoms with Crippen LogP contribution in [0.15, 0.2) is 34.4 Å². The number of nitrogens with one attached hydrogen (secondary N) is 1. The van der Waals surface area contributed by atoms with Gasteiger partial charge in [0.2, 0.25) is 0 Å². The quantitative estimate of drug-likeness (QED) is 0.787. The monoisotopic (exact) mass is 349 g/mol. The van der Waals surface area contributed by atoms with Crippen molar-refractivity contribution in [1.82, 2.24) is 19.7 Å². The van der Waals surface area contributed by atoms with Gasteiger partial charge in [-0.15, -0.1) is 11.3 Å². The zero-order chi connectivity index (χ0) is 14.1. The Morgan fingerprint density at radius 1 is 1.30 bits per heavy atom. The van der Waals surface area contributed by atoms with Crippen molar-refractivity contribution in [2.45, 2.75) is 0 Å². The summed E-state index contributed by atoms with van der Waals surface area (Å²) in [6.07, 6.45) is 3.74. The fraction of sp³-hybridized carbons (Fsp3) is 0.154. The Kier molecular flexibility index (Phi) is 3.54. The molecule has 0 amide bonds. The number of nitrogens with zero attached hydrogens (tertiary/aromatic N) is 4. The lowest BCUT2D eigenvalue weighted by molar-refractivity contribution is 0.768. The molecule has 3 heterocycles. The highest BCUT2D eigenvalue weighted by Crippen LogP contribution is 2.30. The second-order valence-electron chi connectivity index (χ2n) is 4.24. The number of anilines is 1. The molecule has 0 aliphatic carbocycles. The maximum Gasteiger partial charge on any atom is 0.172 e. The van der Waals surface area contributed by atoms with E-state index in [9.17, 15) is 0 Å². The van der Waals surface area contributed by atoms with Gasteiger partial charge in [-0.3, -0.25) is 4.68 Å². The van der Waals surface area contributed by atoms with Gasteiger partial charge < -0.3 is 5.32 Å². The van der Waals surface area contributed by atoms with Crippen molar-refractivity contribution in [3.63, 3.8) is 0 Å². The highest BCUT2D eigenvalue weighted by Gasteiger charge is 2.11. The topological polar surface area (TPSA) is 55.6 Å². The van der Waals surface area contributed by atoms with Crippen molar-refractivity contribution in [1.29, 1.82) is 0 Å². The van der Waals surface area contributed by atoms with Crippen LogP contribution >= 0.6 is 27.3 Å². The largest absolute Gasteiger partial charge is 0.373 e. The van der Waals surface area contributed by atoms with Crippen molar-refractivity contribution in [3.8, 4) is 22.0 Å². The SMILES string of the molecule is CNc1cc(-c2cnn(C)c2)nc(-c2cc(Br)cs2)n1. The van der Waals surface area contributed by atoms with Gasteiger partial charge in [-0.2, -0.15) is 5.10 Å². The lowest BCUT2D eigenvalue weighted by Gasteiger charge is -2.05. The molecule has 0 spiro atoms. The van der Waals surface area contributed by atoms with Crippen LogP contribution in [-0.2, 0) is 7.05 Å². The predicted octanol–water partition coefficient (Wildman–Crippen LogP) is 3.41. The lowest BCUT2D eigenvalue weighted by atomic mass is 10.2. The van der Waals surface area contributed by atoms with Crippen LogP contribution in [0, 0.1) is 0 Å². The highest BCUT2D eigenvalue weighted by molar-refractivity contribution is 9.10. The van der Waals surface area contributed by atoms with Crippen LogP contribution in [0.2, 0.25) is 0 Å². The normalized spacial score (nSPS) is 10.8. The summed E-state index contributed by atoms with van der Waals surface area (Å²) in [5.41, 5.74) is 1.83. The molecule has 3 rings (SSSR count). The second kappa shape index (κ2) is 5.34. The summed E-state index contributed by atoms with van der Waals surface area (Å²) < 4.78 is 2.80. The summed E-state index contributed by atoms with van der Waals surface area (Å²) in [5.74, 6) is 1.50. The number of thiophene rings is 1. The van der Waals surface area contributed by atoms with Crippen LogP contribution in [0.3, 0.4) is 0 Å². The van der Waals surface area contributed by atoms with E-state index in [1.165, 1.54) is 0 Å². The fourth-order valence-electron chi connectivity index (χ4n) is 1.82. The Morgan fingerprint density at radius 2 is 2.15 bits per heavy atom. The van der Waals surface area contributed by atoms with Gasteiger partial charge in [-0.25, -0.2) is 9.97 Å². The molecule has 0 fully saturated rings. The molecule has 102 valence electrons. The van der Waals surface area contributed by atoms with Gasteiger partial charge >= 0.3 is 0 Å². The smallest absolute Gasteiger partial charge is 0.172 e. The van der Waals surface area contributed by atoms with Gasteiger partial charge in [0.15, 0.2) is 5.82 Å². The maximum atomic E-state index is 4.63. The third-order valence-electron chi connectivity index (χ3n) is 2.77. The van der Waals surface area contributed by atoms with Crippen molar-refractivity contribution in [3.05, 3.63) is 34.4 Å². The average molecular weight is 350 g/mol. The summed E-state index contributed by atoms with van der Waals surface area (Å²) in [6, 6.07) is 3.94. The summed E-state index contributed by atoms with van der Waals surface area (Å²) in [5, 5.41) is 9.28. The first kappa shape index (κ1) is 13.3. The number of halogens is 1. The molecule has 3 aromatic rings. The third-order valence-corrected chi connectivity index (χ3v) is 4.46. The van der Waals surface area contributed by atoms with E-state index in [0.29, 0.717) is 5.82 Å². The van der Waals surface area contributed by atoms with Gasteiger partial charge in [-0.05, 0) is 22.0 Å². The van der Waals surface area contributed by atoms with Crippen LogP contribution in [-0.4, -0.2) is 26.8 Å². The maximum absolute atomic E-state index is 4.63. The first-order chi connectivity index (χ1) is 9.65. The zero-order valence-corrected chi connectivity index (χ0v) is 13.4. The van der Waals surface area contributed by atoms with E-state index in [1.807, 2.05) is 37.8 Å². The van der Waals surface area contributed by atoms with Gasteiger partial charge in [0.05, 0.1) is 16.8 Å². The Balaban J connectivity index is 2.12.